The number of fused-ring (bicyclic) bond motifs is 1. The lowest BCUT2D eigenvalue weighted by Gasteiger charge is -2.38. The number of alkyl halides is 3. The fourth-order valence-electron chi connectivity index (χ4n) is 3.47. The lowest BCUT2D eigenvalue weighted by atomic mass is 9.92. The quantitative estimate of drug-likeness (QED) is 0.630. The van der Waals surface area contributed by atoms with Gasteiger partial charge in [-0.15, -0.1) is 0 Å². The Hall–Kier alpha value is -3.20. The molecular weight excluding hydrogens is 419 g/mol. The highest BCUT2D eigenvalue weighted by atomic mass is 35.5. The molecule has 6 nitrogen and oxygen atoms in total. The van der Waals surface area contributed by atoms with Crippen LogP contribution in [0, 0.1) is 0 Å². The molecule has 10 heteroatoms. The van der Waals surface area contributed by atoms with Gasteiger partial charge < -0.3 is 10.6 Å². The van der Waals surface area contributed by atoms with Gasteiger partial charge in [0.05, 0.1) is 27.5 Å². The molecule has 0 bridgehead atoms. The van der Waals surface area contributed by atoms with Gasteiger partial charge in [-0.25, -0.2) is 15.0 Å². The standard InChI is InChI=1S/C20H15ClF3N5O/c1-2-17(30)29-7-10(8-29)18-12-5-14(21)11(6-15(12)26-9-27-18)19-13(20(22,23)24)3-4-16(25)28-19/h2-6,9-10H,1,7-8H2,(H2,25,28). The van der Waals surface area contributed by atoms with E-state index in [-0.39, 0.29) is 33.9 Å². The highest BCUT2D eigenvalue weighted by molar-refractivity contribution is 6.34. The number of benzene rings is 1. The molecule has 0 aliphatic carbocycles. The first-order valence-corrected chi connectivity index (χ1v) is 9.26. The van der Waals surface area contributed by atoms with Gasteiger partial charge in [0, 0.05) is 30.0 Å². The number of nitrogens with two attached hydrogens (primary N) is 1. The van der Waals surface area contributed by atoms with Crippen molar-refractivity contribution in [3.05, 3.63) is 59.5 Å². The van der Waals surface area contributed by atoms with Crippen molar-refractivity contribution in [1.82, 2.24) is 19.9 Å². The van der Waals surface area contributed by atoms with Gasteiger partial charge in [-0.3, -0.25) is 4.79 Å². The zero-order valence-electron chi connectivity index (χ0n) is 15.4. The number of carbonyl (C=O) groups is 1. The Morgan fingerprint density at radius 2 is 2.00 bits per heavy atom. The highest BCUT2D eigenvalue weighted by Gasteiger charge is 2.36. The lowest BCUT2D eigenvalue weighted by Crippen LogP contribution is -2.48. The molecule has 0 atom stereocenters. The highest BCUT2D eigenvalue weighted by Crippen LogP contribution is 2.41. The van der Waals surface area contributed by atoms with Crippen molar-refractivity contribution in [3.63, 3.8) is 0 Å². The molecule has 1 aliphatic rings. The molecular formula is C20H15ClF3N5O. The van der Waals surface area contributed by atoms with E-state index >= 15 is 0 Å². The Balaban J connectivity index is 1.80. The van der Waals surface area contributed by atoms with Crippen molar-refractivity contribution in [2.45, 2.75) is 12.1 Å². The predicted octanol–water partition coefficient (Wildman–Crippen LogP) is 4.06. The summed E-state index contributed by atoms with van der Waals surface area (Å²) in [6.07, 6.45) is -2.04. The minimum absolute atomic E-state index is 0.0300. The molecule has 30 heavy (non-hydrogen) atoms. The molecule has 154 valence electrons. The van der Waals surface area contributed by atoms with E-state index in [2.05, 4.69) is 21.5 Å². The Kier molecular flexibility index (Phi) is 4.85. The van der Waals surface area contributed by atoms with Gasteiger partial charge in [0.25, 0.3) is 0 Å². The predicted molar refractivity (Wildman–Crippen MR) is 107 cm³/mol. The summed E-state index contributed by atoms with van der Waals surface area (Å²) < 4.78 is 40.4. The molecule has 2 N–H and O–H groups in total. The number of amides is 1. The molecule has 1 saturated heterocycles. The molecule has 2 aromatic heterocycles. The van der Waals surface area contributed by atoms with Crippen LogP contribution >= 0.6 is 11.6 Å². The zero-order valence-corrected chi connectivity index (χ0v) is 16.2. The van der Waals surface area contributed by atoms with Gasteiger partial charge in [0.15, 0.2) is 0 Å². The molecule has 4 rings (SSSR count). The molecule has 0 unspecified atom stereocenters. The van der Waals surface area contributed by atoms with Crippen molar-refractivity contribution in [2.24, 2.45) is 0 Å². The summed E-state index contributed by atoms with van der Waals surface area (Å²) in [7, 11) is 0. The van der Waals surface area contributed by atoms with Crippen LogP contribution in [0.4, 0.5) is 19.0 Å². The molecule has 1 fully saturated rings. The third-order valence-corrected chi connectivity index (χ3v) is 5.30. The molecule has 0 saturated carbocycles. The van der Waals surface area contributed by atoms with Crippen molar-refractivity contribution < 1.29 is 18.0 Å². The van der Waals surface area contributed by atoms with Crippen molar-refractivity contribution in [1.29, 1.82) is 0 Å². The number of likely N-dealkylation sites (tertiary alicyclic amines) is 1. The van der Waals surface area contributed by atoms with Crippen LogP contribution in [0.3, 0.4) is 0 Å². The van der Waals surface area contributed by atoms with E-state index in [0.717, 1.165) is 12.1 Å². The van der Waals surface area contributed by atoms with Gasteiger partial charge >= 0.3 is 6.18 Å². The van der Waals surface area contributed by atoms with Crippen molar-refractivity contribution >= 4 is 34.2 Å². The van der Waals surface area contributed by atoms with E-state index in [1.807, 2.05) is 0 Å². The van der Waals surface area contributed by atoms with Crippen molar-refractivity contribution in [3.8, 4) is 11.3 Å². The summed E-state index contributed by atoms with van der Waals surface area (Å²) in [5, 5.41) is 0.680. The summed E-state index contributed by atoms with van der Waals surface area (Å²) in [4.78, 5) is 25.7. The van der Waals surface area contributed by atoms with Crippen LogP contribution in [0.15, 0.2) is 43.2 Å². The third kappa shape index (κ3) is 3.45. The summed E-state index contributed by atoms with van der Waals surface area (Å²) in [5.41, 5.74) is 5.50. The first-order valence-electron chi connectivity index (χ1n) is 8.88. The second-order valence-electron chi connectivity index (χ2n) is 6.88. The molecule has 0 spiro atoms. The van der Waals surface area contributed by atoms with Crippen LogP contribution in [-0.4, -0.2) is 38.8 Å². The minimum atomic E-state index is -4.63. The molecule has 1 amide bonds. The molecule has 0 radical (unpaired) electrons. The first kappa shape index (κ1) is 20.1. The van der Waals surface area contributed by atoms with E-state index in [4.69, 9.17) is 17.3 Å². The van der Waals surface area contributed by atoms with Crippen LogP contribution in [0.1, 0.15) is 17.2 Å². The number of hydrogen-bond acceptors (Lipinski definition) is 5. The Labute approximate surface area is 174 Å². The molecule has 3 heterocycles. The molecule has 1 aliphatic heterocycles. The van der Waals surface area contributed by atoms with E-state index in [1.165, 1.54) is 24.5 Å². The fraction of sp³-hybridized carbons (Fsp3) is 0.200. The van der Waals surface area contributed by atoms with Gasteiger partial charge in [-0.2, -0.15) is 13.2 Å². The topological polar surface area (TPSA) is 85.0 Å². The summed E-state index contributed by atoms with van der Waals surface area (Å²) >= 11 is 6.37. The average Bonchev–Trinajstić information content (AvgIpc) is 2.65. The van der Waals surface area contributed by atoms with E-state index in [9.17, 15) is 18.0 Å². The number of carbonyl (C=O) groups excluding carboxylic acids is 1. The summed E-state index contributed by atoms with van der Waals surface area (Å²) in [6.45, 7) is 4.39. The number of hydrogen-bond donors (Lipinski definition) is 1. The molecule has 1 aromatic carbocycles. The van der Waals surface area contributed by atoms with E-state index in [0.29, 0.717) is 29.7 Å². The lowest BCUT2D eigenvalue weighted by molar-refractivity contribution is -0.137. The normalized spacial score (nSPS) is 14.6. The van der Waals surface area contributed by atoms with Crippen LogP contribution in [0.2, 0.25) is 5.02 Å². The van der Waals surface area contributed by atoms with Crippen LogP contribution in [0.25, 0.3) is 22.2 Å². The van der Waals surface area contributed by atoms with Crippen LogP contribution < -0.4 is 5.73 Å². The van der Waals surface area contributed by atoms with Gasteiger partial charge in [0.1, 0.15) is 12.1 Å². The Bertz CT molecular complexity index is 1180. The van der Waals surface area contributed by atoms with Gasteiger partial charge in [-0.1, -0.05) is 18.2 Å². The van der Waals surface area contributed by atoms with Gasteiger partial charge in [-0.05, 0) is 30.3 Å². The number of pyridine rings is 1. The zero-order chi connectivity index (χ0) is 21.6. The van der Waals surface area contributed by atoms with Crippen molar-refractivity contribution in [2.75, 3.05) is 18.8 Å². The number of aromatic nitrogens is 3. The molecule has 3 aromatic rings. The average molecular weight is 434 g/mol. The Morgan fingerprint density at radius 3 is 2.67 bits per heavy atom. The van der Waals surface area contributed by atoms with Crippen LogP contribution in [-0.2, 0) is 11.0 Å². The smallest absolute Gasteiger partial charge is 0.384 e. The SMILES string of the molecule is C=CC(=O)N1CC(c2ncnc3cc(-c4nc(N)ccc4C(F)(F)F)c(Cl)cc23)C1. The number of rotatable bonds is 3. The number of nitrogens with zero attached hydrogens (tertiary/aromatic N) is 4. The fourth-order valence-corrected chi connectivity index (χ4v) is 3.73. The second kappa shape index (κ2) is 7.24. The third-order valence-electron chi connectivity index (χ3n) is 4.99. The number of halogens is 4. The van der Waals surface area contributed by atoms with E-state index < -0.39 is 11.7 Å². The monoisotopic (exact) mass is 433 g/mol. The van der Waals surface area contributed by atoms with Gasteiger partial charge in [0.2, 0.25) is 5.91 Å². The minimum Gasteiger partial charge on any atom is -0.384 e. The number of anilines is 1. The number of nitrogen functional groups attached to an aromatic ring is 1. The van der Waals surface area contributed by atoms with E-state index in [1.54, 1.807) is 4.90 Å². The summed E-state index contributed by atoms with van der Waals surface area (Å²) in [6, 6.07) is 4.95. The Morgan fingerprint density at radius 1 is 1.27 bits per heavy atom. The summed E-state index contributed by atoms with van der Waals surface area (Å²) in [5.74, 6) is -0.256. The van der Waals surface area contributed by atoms with Crippen LogP contribution in [0.5, 0.6) is 0 Å². The largest absolute Gasteiger partial charge is 0.418 e. The maximum Gasteiger partial charge on any atom is 0.418 e. The maximum absolute atomic E-state index is 13.5. The second-order valence-corrected chi connectivity index (χ2v) is 7.29. The maximum atomic E-state index is 13.5. The first-order chi connectivity index (χ1) is 14.2.